The highest BCUT2D eigenvalue weighted by molar-refractivity contribution is 5.89. The number of hydrogen-bond donors (Lipinski definition) is 0. The van der Waals surface area contributed by atoms with E-state index in [1.54, 1.807) is 0 Å². The number of hydrogen-bond acceptors (Lipinski definition) is 5. The number of nitrogens with zero attached hydrogens (tertiary/aromatic N) is 4. The van der Waals surface area contributed by atoms with E-state index in [1.807, 2.05) is 23.6 Å². The Morgan fingerprint density at radius 3 is 2.72 bits per heavy atom. The molecule has 2 amide bonds. The van der Waals surface area contributed by atoms with Gasteiger partial charge in [-0.25, -0.2) is 0 Å². The van der Waals surface area contributed by atoms with Gasteiger partial charge in [-0.15, -0.1) is 0 Å². The average molecular weight is 346 g/mol. The molecule has 1 aliphatic carbocycles. The topological polar surface area (TPSA) is 79.5 Å². The van der Waals surface area contributed by atoms with Crippen molar-refractivity contribution < 1.29 is 14.1 Å². The molecule has 0 spiro atoms. The zero-order chi connectivity index (χ0) is 17.6. The fraction of sp³-hybridized carbons (Fsp3) is 0.778. The van der Waals surface area contributed by atoms with Crippen LogP contribution < -0.4 is 0 Å². The molecule has 0 N–H and O–H groups in total. The summed E-state index contributed by atoms with van der Waals surface area (Å²) in [6.45, 7) is 6.04. The van der Waals surface area contributed by atoms with Crippen molar-refractivity contribution in [2.75, 3.05) is 19.6 Å². The minimum atomic E-state index is -0.177. The Labute approximate surface area is 147 Å². The van der Waals surface area contributed by atoms with Crippen LogP contribution in [0.1, 0.15) is 69.5 Å². The molecule has 1 saturated carbocycles. The maximum atomic E-state index is 12.9. The Bertz CT molecular complexity index is 667. The van der Waals surface area contributed by atoms with Crippen LogP contribution in [0, 0.1) is 5.92 Å². The summed E-state index contributed by atoms with van der Waals surface area (Å²) < 4.78 is 5.32. The first kappa shape index (κ1) is 16.5. The summed E-state index contributed by atoms with van der Waals surface area (Å²) in [7, 11) is 0. The highest BCUT2D eigenvalue weighted by atomic mass is 16.5. The lowest BCUT2D eigenvalue weighted by atomic mass is 9.95. The summed E-state index contributed by atoms with van der Waals surface area (Å²) in [4.78, 5) is 33.4. The van der Waals surface area contributed by atoms with E-state index in [0.29, 0.717) is 37.3 Å². The molecular formula is C18H26N4O3. The molecule has 0 bridgehead atoms. The van der Waals surface area contributed by atoms with E-state index in [-0.39, 0.29) is 29.6 Å². The van der Waals surface area contributed by atoms with Gasteiger partial charge in [-0.05, 0) is 25.7 Å². The van der Waals surface area contributed by atoms with Crippen LogP contribution in [0.4, 0.5) is 0 Å². The van der Waals surface area contributed by atoms with E-state index in [0.717, 1.165) is 32.2 Å². The highest BCUT2D eigenvalue weighted by Crippen LogP contribution is 2.34. The van der Waals surface area contributed by atoms with Gasteiger partial charge in [0.2, 0.25) is 17.7 Å². The number of piperidine rings is 1. The Balaban J connectivity index is 1.40. The van der Waals surface area contributed by atoms with Gasteiger partial charge < -0.3 is 14.3 Å². The van der Waals surface area contributed by atoms with Crippen LogP contribution in [0.5, 0.6) is 0 Å². The van der Waals surface area contributed by atoms with Gasteiger partial charge in [-0.1, -0.05) is 19.0 Å². The quantitative estimate of drug-likeness (QED) is 0.832. The summed E-state index contributed by atoms with van der Waals surface area (Å²) in [5.41, 5.74) is 0. The molecule has 7 heteroatoms. The number of carbonyl (C=O) groups is 2. The van der Waals surface area contributed by atoms with Crippen molar-refractivity contribution in [3.63, 3.8) is 0 Å². The fourth-order valence-corrected chi connectivity index (χ4v) is 3.93. The second-order valence-corrected chi connectivity index (χ2v) is 7.95. The number of amides is 2. The summed E-state index contributed by atoms with van der Waals surface area (Å²) in [5.74, 6) is 1.79. The lowest BCUT2D eigenvalue weighted by Crippen LogP contribution is -2.43. The zero-order valence-electron chi connectivity index (χ0n) is 15.0. The molecule has 0 unspecified atom stereocenters. The summed E-state index contributed by atoms with van der Waals surface area (Å²) in [6, 6.07) is 0.396. The molecule has 3 heterocycles. The zero-order valence-corrected chi connectivity index (χ0v) is 15.0. The van der Waals surface area contributed by atoms with E-state index >= 15 is 0 Å². The average Bonchev–Trinajstić information content (AvgIpc) is 3.18. The smallest absolute Gasteiger partial charge is 0.229 e. The summed E-state index contributed by atoms with van der Waals surface area (Å²) in [5, 5.41) is 4.12. The van der Waals surface area contributed by atoms with Crippen LogP contribution in [0.3, 0.4) is 0 Å². The minimum absolute atomic E-state index is 0.119. The van der Waals surface area contributed by atoms with Crippen molar-refractivity contribution in [1.82, 2.24) is 19.9 Å². The molecule has 1 aromatic heterocycles. The van der Waals surface area contributed by atoms with Crippen molar-refractivity contribution in [3.05, 3.63) is 11.7 Å². The SMILES string of the molecule is CC(C)c1nc([C@H]2CCCN(C(=O)[C@@H]3CC(=O)N(C4CC4)C3)C2)no1. The monoisotopic (exact) mass is 346 g/mol. The number of aromatic nitrogens is 2. The van der Waals surface area contributed by atoms with Crippen LogP contribution in [0.15, 0.2) is 4.52 Å². The molecule has 4 rings (SSSR count). The van der Waals surface area contributed by atoms with Gasteiger partial charge in [0.15, 0.2) is 5.82 Å². The molecule has 136 valence electrons. The number of carbonyl (C=O) groups excluding carboxylic acids is 2. The molecule has 25 heavy (non-hydrogen) atoms. The molecule has 7 nitrogen and oxygen atoms in total. The second kappa shape index (κ2) is 6.42. The van der Waals surface area contributed by atoms with Crippen LogP contribution >= 0.6 is 0 Å². The van der Waals surface area contributed by atoms with E-state index < -0.39 is 0 Å². The maximum absolute atomic E-state index is 12.9. The molecule has 0 aromatic carbocycles. The second-order valence-electron chi connectivity index (χ2n) is 7.95. The van der Waals surface area contributed by atoms with Gasteiger partial charge in [0.05, 0.1) is 5.92 Å². The van der Waals surface area contributed by atoms with Gasteiger partial charge in [0, 0.05) is 43.9 Å². The van der Waals surface area contributed by atoms with Crippen LogP contribution in [0.2, 0.25) is 0 Å². The van der Waals surface area contributed by atoms with Crippen molar-refractivity contribution in [2.24, 2.45) is 5.92 Å². The Hall–Kier alpha value is -1.92. The van der Waals surface area contributed by atoms with E-state index in [4.69, 9.17) is 4.52 Å². The number of rotatable bonds is 4. The molecule has 3 aliphatic rings. The molecule has 0 radical (unpaired) electrons. The van der Waals surface area contributed by atoms with Crippen molar-refractivity contribution >= 4 is 11.8 Å². The predicted octanol–water partition coefficient (Wildman–Crippen LogP) is 1.91. The first-order valence-electron chi connectivity index (χ1n) is 9.44. The first-order valence-corrected chi connectivity index (χ1v) is 9.44. The lowest BCUT2D eigenvalue weighted by Gasteiger charge is -2.33. The van der Waals surface area contributed by atoms with Crippen molar-refractivity contribution in [1.29, 1.82) is 0 Å². The molecule has 2 saturated heterocycles. The minimum Gasteiger partial charge on any atom is -0.342 e. The van der Waals surface area contributed by atoms with Gasteiger partial charge in [-0.2, -0.15) is 4.98 Å². The number of likely N-dealkylation sites (tertiary alicyclic amines) is 2. The van der Waals surface area contributed by atoms with Crippen molar-refractivity contribution in [2.45, 2.75) is 63.8 Å². The Kier molecular flexibility index (Phi) is 4.25. The normalized spacial score (nSPS) is 27.4. The van der Waals surface area contributed by atoms with Gasteiger partial charge in [0.25, 0.3) is 0 Å². The molecule has 2 atom stereocenters. The first-order chi connectivity index (χ1) is 12.0. The summed E-state index contributed by atoms with van der Waals surface area (Å²) >= 11 is 0. The van der Waals surface area contributed by atoms with E-state index in [9.17, 15) is 9.59 Å². The highest BCUT2D eigenvalue weighted by Gasteiger charge is 2.43. The Morgan fingerprint density at radius 1 is 1.24 bits per heavy atom. The van der Waals surface area contributed by atoms with E-state index in [1.165, 1.54) is 0 Å². The third-order valence-electron chi connectivity index (χ3n) is 5.54. The summed E-state index contributed by atoms with van der Waals surface area (Å²) in [6.07, 6.45) is 4.47. The largest absolute Gasteiger partial charge is 0.342 e. The molecule has 2 aliphatic heterocycles. The lowest BCUT2D eigenvalue weighted by molar-refractivity contribution is -0.137. The van der Waals surface area contributed by atoms with Crippen LogP contribution in [0.25, 0.3) is 0 Å². The van der Waals surface area contributed by atoms with E-state index in [2.05, 4.69) is 10.1 Å². The molecule has 3 fully saturated rings. The third-order valence-corrected chi connectivity index (χ3v) is 5.54. The molecule has 1 aromatic rings. The van der Waals surface area contributed by atoms with Gasteiger partial charge in [0.1, 0.15) is 0 Å². The van der Waals surface area contributed by atoms with Crippen molar-refractivity contribution in [3.8, 4) is 0 Å². The Morgan fingerprint density at radius 2 is 2.04 bits per heavy atom. The third kappa shape index (κ3) is 3.28. The molecular weight excluding hydrogens is 320 g/mol. The standard InChI is InChI=1S/C18H26N4O3/c1-11(2)17-19-16(20-25-17)12-4-3-7-21(9-12)18(24)13-8-15(23)22(10-13)14-5-6-14/h11-14H,3-10H2,1-2H3/t12-,13+/m0/s1. The van der Waals surface area contributed by atoms with Gasteiger partial charge >= 0.3 is 0 Å². The fourth-order valence-electron chi connectivity index (χ4n) is 3.93. The predicted molar refractivity (Wildman–Crippen MR) is 89.8 cm³/mol. The van der Waals surface area contributed by atoms with Crippen LogP contribution in [-0.2, 0) is 9.59 Å². The maximum Gasteiger partial charge on any atom is 0.229 e. The van der Waals surface area contributed by atoms with Crippen LogP contribution in [-0.4, -0.2) is 57.4 Å². The van der Waals surface area contributed by atoms with Gasteiger partial charge in [-0.3, -0.25) is 9.59 Å².